The number of nitrogens with zero attached hydrogens (tertiary/aromatic N) is 4. The molecule has 0 saturated heterocycles. The minimum atomic E-state index is -0.620. The fraction of sp³-hybridized carbons (Fsp3) is 0.706. The SMILES string of the molecule is CC(CCCC(C)(C)O)NCCn1cnc2c1c(=O)n(C)c(=O)n2C. The van der Waals surface area contributed by atoms with E-state index in [-0.39, 0.29) is 11.2 Å². The second-order valence-corrected chi connectivity index (χ2v) is 7.38. The summed E-state index contributed by atoms with van der Waals surface area (Å²) in [4.78, 5) is 28.5. The van der Waals surface area contributed by atoms with E-state index in [9.17, 15) is 14.7 Å². The Labute approximate surface area is 147 Å². The summed E-state index contributed by atoms with van der Waals surface area (Å²) in [7, 11) is 3.09. The fourth-order valence-corrected chi connectivity index (χ4v) is 2.94. The molecule has 0 aliphatic heterocycles. The molecule has 0 saturated carbocycles. The van der Waals surface area contributed by atoms with E-state index in [1.54, 1.807) is 17.9 Å². The van der Waals surface area contributed by atoms with Gasteiger partial charge in [0.15, 0.2) is 11.2 Å². The van der Waals surface area contributed by atoms with Crippen LogP contribution in [0.3, 0.4) is 0 Å². The van der Waals surface area contributed by atoms with Gasteiger partial charge in [-0.15, -0.1) is 0 Å². The summed E-state index contributed by atoms with van der Waals surface area (Å²) in [5, 5.41) is 13.2. The molecule has 8 heteroatoms. The zero-order valence-corrected chi connectivity index (χ0v) is 15.7. The van der Waals surface area contributed by atoms with Gasteiger partial charge in [-0.25, -0.2) is 9.78 Å². The summed E-state index contributed by atoms with van der Waals surface area (Å²) < 4.78 is 4.28. The average Bonchev–Trinajstić information content (AvgIpc) is 2.93. The number of hydrogen-bond donors (Lipinski definition) is 2. The maximum Gasteiger partial charge on any atom is 0.332 e. The van der Waals surface area contributed by atoms with Gasteiger partial charge in [-0.1, -0.05) is 0 Å². The molecule has 0 aromatic carbocycles. The molecule has 2 rings (SSSR count). The zero-order chi connectivity index (χ0) is 18.8. The number of imidazole rings is 1. The number of hydrogen-bond acceptors (Lipinski definition) is 5. The van der Waals surface area contributed by atoms with Gasteiger partial charge in [0.05, 0.1) is 11.9 Å². The minimum Gasteiger partial charge on any atom is -0.390 e. The van der Waals surface area contributed by atoms with Gasteiger partial charge in [0.2, 0.25) is 0 Å². The maximum absolute atomic E-state index is 12.4. The number of nitrogens with one attached hydrogen (secondary N) is 1. The van der Waals surface area contributed by atoms with E-state index in [4.69, 9.17) is 0 Å². The number of aryl methyl sites for hydroxylation is 1. The summed E-state index contributed by atoms with van der Waals surface area (Å²) >= 11 is 0. The highest BCUT2D eigenvalue weighted by Crippen LogP contribution is 2.13. The van der Waals surface area contributed by atoms with E-state index in [1.807, 2.05) is 13.8 Å². The van der Waals surface area contributed by atoms with Crippen LogP contribution in [0.15, 0.2) is 15.9 Å². The Morgan fingerprint density at radius 2 is 1.96 bits per heavy atom. The van der Waals surface area contributed by atoms with E-state index < -0.39 is 5.60 Å². The molecule has 8 nitrogen and oxygen atoms in total. The van der Waals surface area contributed by atoms with Crippen LogP contribution < -0.4 is 16.6 Å². The van der Waals surface area contributed by atoms with Crippen LogP contribution in [0, 0.1) is 0 Å². The highest BCUT2D eigenvalue weighted by Gasteiger charge is 2.15. The predicted molar refractivity (Wildman–Crippen MR) is 97.8 cm³/mol. The second kappa shape index (κ2) is 7.53. The molecule has 1 atom stereocenters. The van der Waals surface area contributed by atoms with Crippen LogP contribution >= 0.6 is 0 Å². The Morgan fingerprint density at radius 3 is 2.60 bits per heavy atom. The molecule has 0 radical (unpaired) electrons. The molecule has 0 amide bonds. The lowest BCUT2D eigenvalue weighted by Gasteiger charge is -2.19. The third kappa shape index (κ3) is 4.58. The van der Waals surface area contributed by atoms with Crippen LogP contribution in [0.2, 0.25) is 0 Å². The largest absolute Gasteiger partial charge is 0.390 e. The van der Waals surface area contributed by atoms with E-state index >= 15 is 0 Å². The molecule has 2 aromatic heterocycles. The summed E-state index contributed by atoms with van der Waals surface area (Å²) in [6.07, 6.45) is 4.31. The Balaban J connectivity index is 1.98. The van der Waals surface area contributed by atoms with Gasteiger partial charge in [0, 0.05) is 33.2 Å². The lowest BCUT2D eigenvalue weighted by Crippen LogP contribution is -2.38. The van der Waals surface area contributed by atoms with E-state index in [2.05, 4.69) is 17.2 Å². The van der Waals surface area contributed by atoms with Crippen LogP contribution in [0.5, 0.6) is 0 Å². The molecule has 2 heterocycles. The van der Waals surface area contributed by atoms with Gasteiger partial charge in [0.25, 0.3) is 5.56 Å². The lowest BCUT2D eigenvalue weighted by molar-refractivity contribution is 0.0675. The van der Waals surface area contributed by atoms with Crippen molar-refractivity contribution in [2.24, 2.45) is 14.1 Å². The quantitative estimate of drug-likeness (QED) is 0.716. The smallest absolute Gasteiger partial charge is 0.332 e. The van der Waals surface area contributed by atoms with Crippen molar-refractivity contribution in [1.82, 2.24) is 24.0 Å². The van der Waals surface area contributed by atoms with Gasteiger partial charge in [0.1, 0.15) is 0 Å². The summed E-state index contributed by atoms with van der Waals surface area (Å²) in [6, 6.07) is 0.323. The van der Waals surface area contributed by atoms with E-state index in [0.717, 1.165) is 23.8 Å². The number of aliphatic hydroxyl groups is 1. The van der Waals surface area contributed by atoms with Crippen molar-refractivity contribution >= 4 is 11.2 Å². The monoisotopic (exact) mass is 351 g/mol. The van der Waals surface area contributed by atoms with Crippen LogP contribution in [0.1, 0.15) is 40.0 Å². The number of aromatic nitrogens is 4. The van der Waals surface area contributed by atoms with Crippen molar-refractivity contribution in [1.29, 1.82) is 0 Å². The van der Waals surface area contributed by atoms with Gasteiger partial charge in [-0.3, -0.25) is 13.9 Å². The zero-order valence-electron chi connectivity index (χ0n) is 15.7. The van der Waals surface area contributed by atoms with E-state index in [1.165, 1.54) is 11.6 Å². The predicted octanol–water partition coefficient (Wildman–Crippen LogP) is 0.353. The Bertz CT molecular complexity index is 841. The first-order valence-electron chi connectivity index (χ1n) is 8.68. The Kier molecular flexibility index (Phi) is 5.84. The third-order valence-corrected chi connectivity index (χ3v) is 4.49. The third-order valence-electron chi connectivity index (χ3n) is 4.49. The van der Waals surface area contributed by atoms with Crippen molar-refractivity contribution in [2.75, 3.05) is 6.54 Å². The summed E-state index contributed by atoms with van der Waals surface area (Å²) in [6.45, 7) is 7.05. The van der Waals surface area contributed by atoms with Crippen molar-refractivity contribution in [3.05, 3.63) is 27.2 Å². The lowest BCUT2D eigenvalue weighted by atomic mass is 10.00. The Hall–Kier alpha value is -1.93. The number of rotatable bonds is 8. The molecule has 2 N–H and O–H groups in total. The standard InChI is InChI=1S/C17H29N5O3/c1-12(7-6-8-17(2,3)25)18-9-10-22-11-19-14-13(22)15(23)21(5)16(24)20(14)4/h11-12,18,25H,6-10H2,1-5H3. The summed E-state index contributed by atoms with van der Waals surface area (Å²) in [5.74, 6) is 0. The molecule has 0 fully saturated rings. The molecule has 25 heavy (non-hydrogen) atoms. The second-order valence-electron chi connectivity index (χ2n) is 7.38. The molecule has 2 aromatic rings. The number of fused-ring (bicyclic) bond motifs is 1. The summed E-state index contributed by atoms with van der Waals surface area (Å²) in [5.41, 5.74) is -0.464. The van der Waals surface area contributed by atoms with E-state index in [0.29, 0.717) is 30.3 Å². The highest BCUT2D eigenvalue weighted by molar-refractivity contribution is 5.69. The van der Waals surface area contributed by atoms with Crippen molar-refractivity contribution in [3.63, 3.8) is 0 Å². The van der Waals surface area contributed by atoms with Gasteiger partial charge in [-0.2, -0.15) is 0 Å². The topological polar surface area (TPSA) is 94.1 Å². The van der Waals surface area contributed by atoms with Crippen LogP contribution in [0.25, 0.3) is 11.2 Å². The van der Waals surface area contributed by atoms with Crippen molar-refractivity contribution < 1.29 is 5.11 Å². The molecule has 0 aliphatic rings. The van der Waals surface area contributed by atoms with Crippen LogP contribution in [-0.2, 0) is 20.6 Å². The van der Waals surface area contributed by atoms with Crippen molar-refractivity contribution in [3.8, 4) is 0 Å². The van der Waals surface area contributed by atoms with Crippen LogP contribution in [0.4, 0.5) is 0 Å². The Morgan fingerprint density at radius 1 is 1.28 bits per heavy atom. The van der Waals surface area contributed by atoms with Gasteiger partial charge >= 0.3 is 5.69 Å². The van der Waals surface area contributed by atoms with Crippen LogP contribution in [-0.4, -0.2) is 42.0 Å². The minimum absolute atomic E-state index is 0.323. The normalized spacial score (nSPS) is 13.5. The molecule has 0 bridgehead atoms. The first-order chi connectivity index (χ1) is 11.6. The highest BCUT2D eigenvalue weighted by atomic mass is 16.3. The molecule has 0 aliphatic carbocycles. The van der Waals surface area contributed by atoms with Crippen molar-refractivity contribution in [2.45, 2.75) is 58.2 Å². The fourth-order valence-electron chi connectivity index (χ4n) is 2.94. The first kappa shape index (κ1) is 19.4. The molecule has 0 spiro atoms. The molecule has 140 valence electrons. The van der Waals surface area contributed by atoms with Gasteiger partial charge < -0.3 is 15.0 Å². The molecular formula is C17H29N5O3. The molecular weight excluding hydrogens is 322 g/mol. The molecule has 1 unspecified atom stereocenters. The first-order valence-corrected chi connectivity index (χ1v) is 8.68. The average molecular weight is 351 g/mol. The maximum atomic E-state index is 12.4. The van der Waals surface area contributed by atoms with Gasteiger partial charge in [-0.05, 0) is 40.0 Å².